The monoisotopic (exact) mass is 204 g/mol. The van der Waals surface area contributed by atoms with Gasteiger partial charge in [0, 0.05) is 22.5 Å². The fourth-order valence-corrected chi connectivity index (χ4v) is 2.29. The van der Waals surface area contributed by atoms with Crippen LogP contribution in [0.25, 0.3) is 0 Å². The first-order valence-electron chi connectivity index (χ1n) is 4.81. The Kier molecular flexibility index (Phi) is 6.21. The van der Waals surface area contributed by atoms with Crippen molar-refractivity contribution in [3.8, 4) is 0 Å². The van der Waals surface area contributed by atoms with Gasteiger partial charge in [0.05, 0.1) is 5.75 Å². The Balaban J connectivity index is 3.69. The van der Waals surface area contributed by atoms with Crippen LogP contribution in [-0.4, -0.2) is 21.5 Å². The highest BCUT2D eigenvalue weighted by molar-refractivity contribution is 7.85. The van der Waals surface area contributed by atoms with Crippen molar-refractivity contribution in [1.29, 1.82) is 0 Å². The molecule has 0 radical (unpaired) electrons. The minimum Gasteiger partial charge on any atom is -0.298 e. The summed E-state index contributed by atoms with van der Waals surface area (Å²) in [4.78, 5) is 11.2. The largest absolute Gasteiger partial charge is 0.298 e. The molecule has 0 aromatic carbocycles. The summed E-state index contributed by atoms with van der Waals surface area (Å²) < 4.78 is 11.4. The van der Waals surface area contributed by atoms with Crippen LogP contribution in [0.15, 0.2) is 0 Å². The predicted octanol–water partition coefficient (Wildman–Crippen LogP) is 2.01. The molecule has 0 aliphatic carbocycles. The Morgan fingerprint density at radius 3 is 2.15 bits per heavy atom. The van der Waals surface area contributed by atoms with Crippen molar-refractivity contribution in [1.82, 2.24) is 0 Å². The molecule has 0 aliphatic rings. The van der Waals surface area contributed by atoms with Crippen LogP contribution in [0.5, 0.6) is 0 Å². The number of Topliss-reactive ketones (excluding diaryl/α,β-unsaturated/α-hetero) is 1. The summed E-state index contributed by atoms with van der Waals surface area (Å²) in [6.45, 7) is 7.90. The van der Waals surface area contributed by atoms with E-state index in [1.54, 1.807) is 0 Å². The van der Waals surface area contributed by atoms with Crippen molar-refractivity contribution in [2.45, 2.75) is 34.1 Å². The smallest absolute Gasteiger partial charge is 0.147 e. The first-order valence-corrected chi connectivity index (χ1v) is 6.30. The molecular weight excluding hydrogens is 184 g/mol. The Bertz CT molecular complexity index is 185. The third kappa shape index (κ3) is 6.94. The highest BCUT2D eigenvalue weighted by atomic mass is 32.2. The van der Waals surface area contributed by atoms with Gasteiger partial charge in [-0.25, -0.2) is 0 Å². The molecule has 0 N–H and O–H groups in total. The van der Waals surface area contributed by atoms with Gasteiger partial charge in [0.15, 0.2) is 0 Å². The molecule has 0 saturated heterocycles. The van der Waals surface area contributed by atoms with Crippen LogP contribution in [0, 0.1) is 11.8 Å². The molecule has 0 aliphatic heterocycles. The van der Waals surface area contributed by atoms with Gasteiger partial charge in [-0.15, -0.1) is 0 Å². The van der Waals surface area contributed by atoms with Gasteiger partial charge in [0.2, 0.25) is 0 Å². The lowest BCUT2D eigenvalue weighted by Crippen LogP contribution is -2.18. The Labute approximate surface area is 83.6 Å². The van der Waals surface area contributed by atoms with E-state index in [2.05, 4.69) is 13.8 Å². The van der Waals surface area contributed by atoms with E-state index < -0.39 is 10.8 Å². The van der Waals surface area contributed by atoms with Crippen LogP contribution < -0.4 is 0 Å². The lowest BCUT2D eigenvalue weighted by Gasteiger charge is -2.05. The molecule has 2 nitrogen and oxygen atoms in total. The zero-order valence-electron chi connectivity index (χ0n) is 9.00. The van der Waals surface area contributed by atoms with E-state index in [1.165, 1.54) is 0 Å². The van der Waals surface area contributed by atoms with Crippen molar-refractivity contribution in [2.24, 2.45) is 11.8 Å². The van der Waals surface area contributed by atoms with Crippen molar-refractivity contribution in [2.75, 3.05) is 11.5 Å². The summed E-state index contributed by atoms with van der Waals surface area (Å²) >= 11 is 0. The first kappa shape index (κ1) is 12.8. The van der Waals surface area contributed by atoms with Gasteiger partial charge in [0.25, 0.3) is 0 Å². The van der Waals surface area contributed by atoms with E-state index in [9.17, 15) is 9.00 Å². The van der Waals surface area contributed by atoms with Crippen molar-refractivity contribution in [3.63, 3.8) is 0 Å². The van der Waals surface area contributed by atoms with E-state index in [0.717, 1.165) is 6.42 Å². The fraction of sp³-hybridized carbons (Fsp3) is 0.900. The highest BCUT2D eigenvalue weighted by Crippen LogP contribution is 2.03. The van der Waals surface area contributed by atoms with E-state index in [-0.39, 0.29) is 17.5 Å². The first-order chi connectivity index (χ1) is 5.93. The predicted molar refractivity (Wildman–Crippen MR) is 57.2 cm³/mol. The fourth-order valence-electron chi connectivity index (χ4n) is 0.765. The van der Waals surface area contributed by atoms with Gasteiger partial charge in [0.1, 0.15) is 5.78 Å². The molecule has 0 rings (SSSR count). The average molecular weight is 204 g/mol. The second-order valence-corrected chi connectivity index (χ2v) is 5.67. The van der Waals surface area contributed by atoms with Gasteiger partial charge in [-0.05, 0) is 12.3 Å². The molecular formula is C10H20O2S. The average Bonchev–Trinajstić information content (AvgIpc) is 2.00. The van der Waals surface area contributed by atoms with Crippen LogP contribution in [0.3, 0.4) is 0 Å². The lowest BCUT2D eigenvalue weighted by molar-refractivity contribution is -0.119. The van der Waals surface area contributed by atoms with Gasteiger partial charge in [-0.2, -0.15) is 0 Å². The molecule has 0 amide bonds. The normalized spacial score (nSPS) is 13.7. The van der Waals surface area contributed by atoms with Crippen LogP contribution in [0.2, 0.25) is 0 Å². The summed E-state index contributed by atoms with van der Waals surface area (Å²) in [6.07, 6.45) is 0.942. The van der Waals surface area contributed by atoms with Crippen LogP contribution in [0.4, 0.5) is 0 Å². The van der Waals surface area contributed by atoms with E-state index in [1.807, 2.05) is 13.8 Å². The van der Waals surface area contributed by atoms with Crippen LogP contribution in [0.1, 0.15) is 34.1 Å². The van der Waals surface area contributed by atoms with Gasteiger partial charge < -0.3 is 0 Å². The quantitative estimate of drug-likeness (QED) is 0.663. The SMILES string of the molecule is CC(C)CCS(=O)CC(=O)C(C)C. The number of ketones is 1. The highest BCUT2D eigenvalue weighted by Gasteiger charge is 2.11. The van der Waals surface area contributed by atoms with Crippen molar-refractivity contribution in [3.05, 3.63) is 0 Å². The van der Waals surface area contributed by atoms with E-state index >= 15 is 0 Å². The molecule has 0 fully saturated rings. The second-order valence-electron chi connectivity index (χ2n) is 4.09. The molecule has 1 unspecified atom stereocenters. The van der Waals surface area contributed by atoms with Crippen LogP contribution in [-0.2, 0) is 15.6 Å². The number of carbonyl (C=O) groups is 1. The maximum Gasteiger partial charge on any atom is 0.147 e. The number of hydrogen-bond acceptors (Lipinski definition) is 2. The molecule has 13 heavy (non-hydrogen) atoms. The van der Waals surface area contributed by atoms with Crippen LogP contribution >= 0.6 is 0 Å². The molecule has 78 valence electrons. The Morgan fingerprint density at radius 2 is 1.77 bits per heavy atom. The maximum atomic E-state index is 11.4. The summed E-state index contributed by atoms with van der Waals surface area (Å²) in [6, 6.07) is 0. The molecule has 1 atom stereocenters. The topological polar surface area (TPSA) is 34.1 Å². The standard InChI is InChI=1S/C10H20O2S/c1-8(2)5-6-13(12)7-10(11)9(3)4/h8-9H,5-7H2,1-4H3. The summed E-state index contributed by atoms with van der Waals surface area (Å²) in [5, 5.41) is 0. The van der Waals surface area contributed by atoms with Gasteiger partial charge in [-0.1, -0.05) is 27.7 Å². The molecule has 0 aromatic heterocycles. The lowest BCUT2D eigenvalue weighted by atomic mass is 10.1. The number of carbonyl (C=O) groups excluding carboxylic acids is 1. The zero-order valence-corrected chi connectivity index (χ0v) is 9.82. The minimum atomic E-state index is -0.941. The Morgan fingerprint density at radius 1 is 1.23 bits per heavy atom. The third-order valence-corrected chi connectivity index (χ3v) is 3.17. The molecule has 3 heteroatoms. The molecule has 0 bridgehead atoms. The zero-order chi connectivity index (χ0) is 10.4. The number of hydrogen-bond donors (Lipinski definition) is 0. The molecule has 0 aromatic rings. The van der Waals surface area contributed by atoms with Crippen molar-refractivity contribution < 1.29 is 9.00 Å². The third-order valence-electron chi connectivity index (χ3n) is 1.87. The second kappa shape index (κ2) is 6.30. The summed E-state index contributed by atoms with van der Waals surface area (Å²) in [5.41, 5.74) is 0. The van der Waals surface area contributed by atoms with Gasteiger partial charge in [-0.3, -0.25) is 9.00 Å². The number of rotatable bonds is 6. The van der Waals surface area contributed by atoms with Crippen molar-refractivity contribution >= 4 is 16.6 Å². The summed E-state index contributed by atoms with van der Waals surface area (Å²) in [7, 11) is -0.941. The molecule has 0 heterocycles. The van der Waals surface area contributed by atoms with Gasteiger partial charge >= 0.3 is 0 Å². The Hall–Kier alpha value is -0.180. The summed E-state index contributed by atoms with van der Waals surface area (Å²) in [5.74, 6) is 1.60. The molecule has 0 saturated carbocycles. The minimum absolute atomic E-state index is 0.0167. The molecule has 0 spiro atoms. The van der Waals surface area contributed by atoms with E-state index in [0.29, 0.717) is 11.7 Å². The maximum absolute atomic E-state index is 11.4. The van der Waals surface area contributed by atoms with E-state index in [4.69, 9.17) is 0 Å².